The van der Waals surface area contributed by atoms with Crippen LogP contribution in [0.4, 0.5) is 4.39 Å². The van der Waals surface area contributed by atoms with Crippen LogP contribution in [0.25, 0.3) is 0 Å². The normalized spacial score (nSPS) is 17.2. The Morgan fingerprint density at radius 1 is 1.53 bits per heavy atom. The molecule has 0 amide bonds. The van der Waals surface area contributed by atoms with E-state index in [1.807, 2.05) is 0 Å². The smallest absolute Gasteiger partial charge is 0.130 e. The van der Waals surface area contributed by atoms with Crippen molar-refractivity contribution in [1.82, 2.24) is 0 Å². The minimum Gasteiger partial charge on any atom is -0.387 e. The highest BCUT2D eigenvalue weighted by Crippen LogP contribution is 2.30. The third kappa shape index (κ3) is 2.68. The second kappa shape index (κ2) is 4.47. The summed E-state index contributed by atoms with van der Waals surface area (Å²) in [6, 6.07) is 3.98. The molecule has 84 valence electrons. The van der Waals surface area contributed by atoms with Crippen LogP contribution in [0.15, 0.2) is 18.2 Å². The van der Waals surface area contributed by atoms with Gasteiger partial charge in [-0.1, -0.05) is 24.6 Å². The Morgan fingerprint density at radius 3 is 2.60 bits per heavy atom. The maximum absolute atomic E-state index is 13.4. The number of aliphatic hydroxyl groups excluding tert-OH is 1. The summed E-state index contributed by atoms with van der Waals surface area (Å²) in [5.74, 6) is -0.608. The van der Waals surface area contributed by atoms with E-state index in [1.54, 1.807) is 6.92 Å². The largest absolute Gasteiger partial charge is 0.387 e. The molecule has 2 atom stereocenters. The Bertz CT molecular complexity index is 352. The van der Waals surface area contributed by atoms with Crippen molar-refractivity contribution in [1.29, 1.82) is 0 Å². The third-order valence-corrected chi connectivity index (χ3v) is 2.80. The lowest BCUT2D eigenvalue weighted by atomic mass is 9.90. The van der Waals surface area contributed by atoms with Crippen molar-refractivity contribution in [3.8, 4) is 0 Å². The number of aliphatic hydroxyl groups is 2. The molecule has 1 aromatic rings. The standard InChI is InChI=1S/C11H14ClFO2/c1-3-11(2,15)10(14)8-5-4-7(12)6-9(8)13/h4-6,10,14-15H,3H2,1-2H3. The first-order chi connectivity index (χ1) is 6.88. The van der Waals surface area contributed by atoms with Crippen LogP contribution in [0.2, 0.25) is 5.02 Å². The Kier molecular flexibility index (Phi) is 3.71. The summed E-state index contributed by atoms with van der Waals surface area (Å²) in [4.78, 5) is 0. The van der Waals surface area contributed by atoms with E-state index in [4.69, 9.17) is 11.6 Å². The second-order valence-electron chi connectivity index (χ2n) is 3.78. The first-order valence-corrected chi connectivity index (χ1v) is 5.11. The molecule has 4 heteroatoms. The number of benzene rings is 1. The molecule has 0 radical (unpaired) electrons. The fourth-order valence-corrected chi connectivity index (χ4v) is 1.41. The summed E-state index contributed by atoms with van der Waals surface area (Å²) in [6.45, 7) is 3.18. The molecule has 0 aliphatic carbocycles. The van der Waals surface area contributed by atoms with Gasteiger partial charge in [0.05, 0.1) is 5.60 Å². The number of halogens is 2. The molecule has 0 aliphatic rings. The van der Waals surface area contributed by atoms with Gasteiger partial charge in [0.2, 0.25) is 0 Å². The van der Waals surface area contributed by atoms with Gasteiger partial charge in [0.15, 0.2) is 0 Å². The van der Waals surface area contributed by atoms with Crippen molar-refractivity contribution in [2.75, 3.05) is 0 Å². The Hall–Kier alpha value is -0.640. The van der Waals surface area contributed by atoms with Crippen LogP contribution < -0.4 is 0 Å². The molecule has 2 nitrogen and oxygen atoms in total. The zero-order valence-electron chi connectivity index (χ0n) is 8.67. The van der Waals surface area contributed by atoms with Gasteiger partial charge in [0, 0.05) is 10.6 Å². The van der Waals surface area contributed by atoms with Gasteiger partial charge >= 0.3 is 0 Å². The van der Waals surface area contributed by atoms with Crippen molar-refractivity contribution in [2.24, 2.45) is 0 Å². The summed E-state index contributed by atoms with van der Waals surface area (Å²) in [7, 11) is 0. The monoisotopic (exact) mass is 232 g/mol. The average Bonchev–Trinajstić information content (AvgIpc) is 2.17. The van der Waals surface area contributed by atoms with Gasteiger partial charge in [-0.3, -0.25) is 0 Å². The molecule has 0 saturated carbocycles. The van der Waals surface area contributed by atoms with Crippen molar-refractivity contribution < 1.29 is 14.6 Å². The Morgan fingerprint density at radius 2 is 2.13 bits per heavy atom. The van der Waals surface area contributed by atoms with E-state index in [2.05, 4.69) is 0 Å². The summed E-state index contributed by atoms with van der Waals surface area (Å²) in [5, 5.41) is 19.8. The molecule has 0 spiro atoms. The van der Waals surface area contributed by atoms with Crippen LogP contribution in [0, 0.1) is 5.82 Å². The highest BCUT2D eigenvalue weighted by molar-refractivity contribution is 6.30. The van der Waals surface area contributed by atoms with Crippen LogP contribution in [0.3, 0.4) is 0 Å². The van der Waals surface area contributed by atoms with Crippen LogP contribution in [0.5, 0.6) is 0 Å². The lowest BCUT2D eigenvalue weighted by Gasteiger charge is -2.28. The molecular weight excluding hydrogens is 219 g/mol. The molecule has 2 unspecified atom stereocenters. The summed E-state index contributed by atoms with van der Waals surface area (Å²) in [6.07, 6.45) is -0.921. The van der Waals surface area contributed by atoms with E-state index in [9.17, 15) is 14.6 Å². The van der Waals surface area contributed by atoms with Gasteiger partial charge in [-0.05, 0) is 25.5 Å². The number of rotatable bonds is 3. The molecule has 0 saturated heterocycles. The van der Waals surface area contributed by atoms with E-state index >= 15 is 0 Å². The molecule has 2 N–H and O–H groups in total. The third-order valence-electron chi connectivity index (χ3n) is 2.56. The van der Waals surface area contributed by atoms with E-state index in [-0.39, 0.29) is 10.6 Å². The van der Waals surface area contributed by atoms with Crippen molar-refractivity contribution in [3.63, 3.8) is 0 Å². The Labute approximate surface area is 93.3 Å². The van der Waals surface area contributed by atoms with Crippen molar-refractivity contribution >= 4 is 11.6 Å². The van der Waals surface area contributed by atoms with Crippen molar-refractivity contribution in [3.05, 3.63) is 34.6 Å². The fraction of sp³-hybridized carbons (Fsp3) is 0.455. The molecular formula is C11H14ClFO2. The molecule has 0 aromatic heterocycles. The second-order valence-corrected chi connectivity index (χ2v) is 4.22. The Balaban J connectivity index is 3.06. The fourth-order valence-electron chi connectivity index (χ4n) is 1.25. The number of hydrogen-bond donors (Lipinski definition) is 2. The van der Waals surface area contributed by atoms with Crippen molar-refractivity contribution in [2.45, 2.75) is 32.0 Å². The highest BCUT2D eigenvalue weighted by Gasteiger charge is 2.31. The average molecular weight is 233 g/mol. The molecule has 0 fully saturated rings. The lowest BCUT2D eigenvalue weighted by Crippen LogP contribution is -2.32. The summed E-state index contributed by atoms with van der Waals surface area (Å²) in [5.41, 5.74) is -1.28. The van der Waals surface area contributed by atoms with E-state index < -0.39 is 17.5 Å². The SMILES string of the molecule is CCC(C)(O)C(O)c1ccc(Cl)cc1F. The zero-order valence-corrected chi connectivity index (χ0v) is 9.42. The molecule has 0 aliphatic heterocycles. The summed E-state index contributed by atoms with van der Waals surface area (Å²) < 4.78 is 13.4. The number of hydrogen-bond acceptors (Lipinski definition) is 2. The van der Waals surface area contributed by atoms with Gasteiger partial charge in [-0.2, -0.15) is 0 Å². The van der Waals surface area contributed by atoms with Gasteiger partial charge < -0.3 is 10.2 Å². The van der Waals surface area contributed by atoms with Crippen LogP contribution >= 0.6 is 11.6 Å². The van der Waals surface area contributed by atoms with Gasteiger partial charge in [0.25, 0.3) is 0 Å². The predicted octanol–water partition coefficient (Wildman–Crippen LogP) is 2.67. The van der Waals surface area contributed by atoms with Crippen LogP contribution in [0.1, 0.15) is 31.9 Å². The van der Waals surface area contributed by atoms with Crippen LogP contribution in [-0.2, 0) is 0 Å². The molecule has 0 heterocycles. The molecule has 0 bridgehead atoms. The van der Waals surface area contributed by atoms with Crippen LogP contribution in [-0.4, -0.2) is 15.8 Å². The zero-order chi connectivity index (χ0) is 11.6. The summed E-state index contributed by atoms with van der Waals surface area (Å²) >= 11 is 5.59. The maximum Gasteiger partial charge on any atom is 0.130 e. The molecule has 1 aromatic carbocycles. The van der Waals surface area contributed by atoms with Gasteiger partial charge in [0.1, 0.15) is 11.9 Å². The quantitative estimate of drug-likeness (QED) is 0.841. The van der Waals surface area contributed by atoms with E-state index in [0.29, 0.717) is 6.42 Å². The minimum atomic E-state index is -1.34. The van der Waals surface area contributed by atoms with Gasteiger partial charge in [-0.15, -0.1) is 0 Å². The first kappa shape index (κ1) is 12.4. The lowest BCUT2D eigenvalue weighted by molar-refractivity contribution is -0.0673. The first-order valence-electron chi connectivity index (χ1n) is 4.74. The highest BCUT2D eigenvalue weighted by atomic mass is 35.5. The topological polar surface area (TPSA) is 40.5 Å². The predicted molar refractivity (Wildman–Crippen MR) is 57.3 cm³/mol. The van der Waals surface area contributed by atoms with E-state index in [0.717, 1.165) is 6.07 Å². The molecule has 1 rings (SSSR count). The minimum absolute atomic E-state index is 0.0613. The molecule has 15 heavy (non-hydrogen) atoms. The van der Waals surface area contributed by atoms with E-state index in [1.165, 1.54) is 19.1 Å². The van der Waals surface area contributed by atoms with Gasteiger partial charge in [-0.25, -0.2) is 4.39 Å². The maximum atomic E-state index is 13.4.